The van der Waals surface area contributed by atoms with E-state index in [4.69, 9.17) is 15.0 Å². The van der Waals surface area contributed by atoms with Crippen molar-refractivity contribution in [3.05, 3.63) is 22.3 Å². The topological polar surface area (TPSA) is 60.6 Å². The fourth-order valence-electron chi connectivity index (χ4n) is 3.00. The van der Waals surface area contributed by atoms with E-state index in [0.29, 0.717) is 5.92 Å². The molecule has 5 nitrogen and oxygen atoms in total. The van der Waals surface area contributed by atoms with Crippen molar-refractivity contribution in [2.75, 3.05) is 13.7 Å². The van der Waals surface area contributed by atoms with E-state index in [0.717, 1.165) is 53.9 Å². The smallest absolute Gasteiger partial charge is 0.268 e. The minimum absolute atomic E-state index is 0.160. The van der Waals surface area contributed by atoms with E-state index in [1.807, 2.05) is 11.1 Å². The van der Waals surface area contributed by atoms with Crippen molar-refractivity contribution >= 4 is 28.4 Å². The molecule has 0 bridgehead atoms. The van der Waals surface area contributed by atoms with Gasteiger partial charge in [0.25, 0.3) is 6.71 Å². The molecule has 1 N–H and O–H groups in total. The number of rotatable bonds is 2. The van der Waals surface area contributed by atoms with Gasteiger partial charge in [0.05, 0.1) is 23.8 Å². The van der Waals surface area contributed by atoms with Crippen LogP contribution in [0.1, 0.15) is 12.8 Å². The first-order valence-corrected chi connectivity index (χ1v) is 7.68. The average Bonchev–Trinajstić information content (AvgIpc) is 2.88. The minimum atomic E-state index is 0.160. The average molecular weight is 335 g/mol. The summed E-state index contributed by atoms with van der Waals surface area (Å²) in [5.41, 5.74) is 4.25. The first kappa shape index (κ1) is 13.7. The normalized spacial score (nSPS) is 25.9. The number of allylic oxidation sites excluding steroid dienone is 1. The van der Waals surface area contributed by atoms with Gasteiger partial charge in [-0.15, -0.1) is 0 Å². The molecule has 3 aliphatic heterocycles. The van der Waals surface area contributed by atoms with Gasteiger partial charge in [0, 0.05) is 12.0 Å². The fraction of sp³-hybridized carbons (Fsp3) is 0.538. The van der Waals surface area contributed by atoms with E-state index >= 15 is 0 Å². The molecule has 0 aliphatic carbocycles. The first-order chi connectivity index (χ1) is 9.72. The summed E-state index contributed by atoms with van der Waals surface area (Å²) in [5.74, 6) is 4.39. The molecule has 0 radical (unpaired) electrons. The van der Waals surface area contributed by atoms with Crippen LogP contribution in [-0.4, -0.2) is 31.1 Å². The molecule has 3 rings (SSSR count). The standard InChI is InChI=1S/C13H16BBrN4O/c1-20-12-5-11(9-3-2-4-14(6-9)8-16)18-13-10(15)7-17-19(12)13/h5,9,17H,2-4,6-7H2,1H3. The second kappa shape index (κ2) is 5.62. The maximum absolute atomic E-state index is 9.13. The SMILES string of the molecule is COC1=CC(C2CCCB(C#N)C2)=NC2=C(Br)CNN12. The Balaban J connectivity index is 1.89. The molecule has 1 saturated heterocycles. The number of nitriles is 1. The van der Waals surface area contributed by atoms with Crippen molar-refractivity contribution < 1.29 is 4.74 Å². The summed E-state index contributed by atoms with van der Waals surface area (Å²) < 4.78 is 6.48. The predicted octanol–water partition coefficient (Wildman–Crippen LogP) is 2.28. The van der Waals surface area contributed by atoms with E-state index in [2.05, 4.69) is 27.3 Å². The molecule has 0 amide bonds. The van der Waals surface area contributed by atoms with Crippen LogP contribution in [0, 0.1) is 17.1 Å². The first-order valence-electron chi connectivity index (χ1n) is 6.89. The quantitative estimate of drug-likeness (QED) is 0.787. The van der Waals surface area contributed by atoms with Gasteiger partial charge >= 0.3 is 0 Å². The summed E-state index contributed by atoms with van der Waals surface area (Å²) in [6, 6.07) is 0. The lowest BCUT2D eigenvalue weighted by Gasteiger charge is -2.29. The number of nitrogens with zero attached hydrogens (tertiary/aromatic N) is 3. The van der Waals surface area contributed by atoms with Crippen molar-refractivity contribution in [2.45, 2.75) is 25.5 Å². The van der Waals surface area contributed by atoms with Gasteiger partial charge in [-0.2, -0.15) is 0 Å². The summed E-state index contributed by atoms with van der Waals surface area (Å²) in [5, 5.41) is 11.0. The lowest BCUT2D eigenvalue weighted by Crippen LogP contribution is -2.36. The van der Waals surface area contributed by atoms with Crippen molar-refractivity contribution in [1.82, 2.24) is 10.4 Å². The van der Waals surface area contributed by atoms with E-state index in [9.17, 15) is 0 Å². The highest BCUT2D eigenvalue weighted by Crippen LogP contribution is 2.33. The number of fused-ring (bicyclic) bond motifs is 1. The van der Waals surface area contributed by atoms with Gasteiger partial charge in [0.15, 0.2) is 5.82 Å². The molecule has 0 aromatic carbocycles. The van der Waals surface area contributed by atoms with Crippen LogP contribution in [0.15, 0.2) is 27.3 Å². The van der Waals surface area contributed by atoms with Gasteiger partial charge < -0.3 is 4.74 Å². The molecule has 1 unspecified atom stereocenters. The number of methoxy groups -OCH3 is 1. The third-order valence-electron chi connectivity index (χ3n) is 4.06. The number of hydrogen-bond acceptors (Lipinski definition) is 5. The van der Waals surface area contributed by atoms with Crippen LogP contribution in [0.4, 0.5) is 0 Å². The van der Waals surface area contributed by atoms with Gasteiger partial charge in [-0.1, -0.05) is 35.0 Å². The predicted molar refractivity (Wildman–Crippen MR) is 82.0 cm³/mol. The second-order valence-electron chi connectivity index (χ2n) is 5.31. The molecular formula is C13H16BBrN4O. The van der Waals surface area contributed by atoms with Crippen LogP contribution in [0.2, 0.25) is 12.6 Å². The Bertz CT molecular complexity index is 551. The number of hydrogen-bond donors (Lipinski definition) is 1. The molecular weight excluding hydrogens is 319 g/mol. The lowest BCUT2D eigenvalue weighted by molar-refractivity contribution is 0.152. The van der Waals surface area contributed by atoms with Crippen molar-refractivity contribution in [1.29, 1.82) is 5.26 Å². The molecule has 1 fully saturated rings. The van der Waals surface area contributed by atoms with Crippen LogP contribution >= 0.6 is 15.9 Å². The van der Waals surface area contributed by atoms with Gasteiger partial charge in [0.1, 0.15) is 0 Å². The zero-order valence-electron chi connectivity index (χ0n) is 11.4. The second-order valence-corrected chi connectivity index (χ2v) is 6.27. The third kappa shape index (κ3) is 2.38. The molecule has 0 spiro atoms. The Morgan fingerprint density at radius 1 is 1.65 bits per heavy atom. The highest BCUT2D eigenvalue weighted by molar-refractivity contribution is 9.11. The number of hydrazine groups is 1. The van der Waals surface area contributed by atoms with E-state index < -0.39 is 0 Å². The summed E-state index contributed by atoms with van der Waals surface area (Å²) in [4.78, 5) is 4.76. The van der Waals surface area contributed by atoms with Crippen LogP contribution in [0.25, 0.3) is 0 Å². The maximum Gasteiger partial charge on any atom is 0.268 e. The summed E-state index contributed by atoms with van der Waals surface area (Å²) >= 11 is 3.55. The minimum Gasteiger partial charge on any atom is -0.481 e. The number of halogens is 1. The summed E-state index contributed by atoms with van der Waals surface area (Å²) in [7, 11) is 1.67. The lowest BCUT2D eigenvalue weighted by atomic mass is 9.40. The third-order valence-corrected chi connectivity index (χ3v) is 4.69. The Morgan fingerprint density at radius 2 is 2.50 bits per heavy atom. The van der Waals surface area contributed by atoms with E-state index in [1.165, 1.54) is 0 Å². The molecule has 3 heterocycles. The maximum atomic E-state index is 9.13. The van der Waals surface area contributed by atoms with E-state index in [-0.39, 0.29) is 6.71 Å². The molecule has 0 saturated carbocycles. The molecule has 0 aromatic heterocycles. The van der Waals surface area contributed by atoms with Crippen LogP contribution in [0.3, 0.4) is 0 Å². The van der Waals surface area contributed by atoms with Crippen molar-refractivity contribution in [3.63, 3.8) is 0 Å². The van der Waals surface area contributed by atoms with Gasteiger partial charge in [-0.25, -0.2) is 20.7 Å². The number of aliphatic imine (C=N–C) groups is 1. The van der Waals surface area contributed by atoms with Crippen molar-refractivity contribution in [3.8, 4) is 5.97 Å². The van der Waals surface area contributed by atoms with Crippen molar-refractivity contribution in [2.24, 2.45) is 10.9 Å². The zero-order valence-corrected chi connectivity index (χ0v) is 13.0. The molecule has 3 aliphatic rings. The monoisotopic (exact) mass is 334 g/mol. The molecule has 1 atom stereocenters. The molecule has 0 aromatic rings. The zero-order chi connectivity index (χ0) is 14.1. The van der Waals surface area contributed by atoms with E-state index in [1.54, 1.807) is 7.11 Å². The summed E-state index contributed by atoms with van der Waals surface area (Å²) in [6.07, 6.45) is 6.11. The molecule has 20 heavy (non-hydrogen) atoms. The highest BCUT2D eigenvalue weighted by atomic mass is 79.9. The number of nitrogens with one attached hydrogen (secondary N) is 1. The Labute approximate surface area is 127 Å². The van der Waals surface area contributed by atoms with Crippen LogP contribution < -0.4 is 5.43 Å². The van der Waals surface area contributed by atoms with Gasteiger partial charge in [0.2, 0.25) is 5.88 Å². The Hall–Kier alpha value is -1.26. The van der Waals surface area contributed by atoms with Crippen LogP contribution in [-0.2, 0) is 4.74 Å². The van der Waals surface area contributed by atoms with Gasteiger partial charge in [-0.3, -0.25) is 0 Å². The molecule has 104 valence electrons. The van der Waals surface area contributed by atoms with Crippen LogP contribution in [0.5, 0.6) is 0 Å². The Kier molecular flexibility index (Phi) is 3.86. The van der Waals surface area contributed by atoms with Gasteiger partial charge in [-0.05, 0) is 12.3 Å². The Morgan fingerprint density at radius 3 is 3.25 bits per heavy atom. The summed E-state index contributed by atoms with van der Waals surface area (Å²) in [6.45, 7) is 0.881. The largest absolute Gasteiger partial charge is 0.481 e. The fourth-order valence-corrected chi connectivity index (χ4v) is 3.39. The number of ether oxygens (including phenoxy) is 1. The molecule has 7 heteroatoms. The highest BCUT2D eigenvalue weighted by Gasteiger charge is 2.33.